The summed E-state index contributed by atoms with van der Waals surface area (Å²) in [5.41, 5.74) is 5.87. The van der Waals surface area contributed by atoms with Gasteiger partial charge in [0.1, 0.15) is 0 Å². The Morgan fingerprint density at radius 3 is 2.58 bits per heavy atom. The van der Waals surface area contributed by atoms with Gasteiger partial charge in [-0.15, -0.1) is 0 Å². The van der Waals surface area contributed by atoms with Crippen molar-refractivity contribution < 1.29 is 4.74 Å². The second-order valence-electron chi connectivity index (χ2n) is 4.16. The molecule has 0 saturated heterocycles. The van der Waals surface area contributed by atoms with Gasteiger partial charge in [-0.2, -0.15) is 0 Å². The molecule has 0 bridgehead atoms. The maximum absolute atomic E-state index is 5.87. The van der Waals surface area contributed by atoms with Crippen LogP contribution in [0.5, 0.6) is 0 Å². The van der Waals surface area contributed by atoms with E-state index >= 15 is 0 Å². The lowest BCUT2D eigenvalue weighted by Crippen LogP contribution is -2.27. The molecule has 0 aromatic carbocycles. The van der Waals surface area contributed by atoms with Gasteiger partial charge in [0.15, 0.2) is 0 Å². The van der Waals surface area contributed by atoms with E-state index in [2.05, 4.69) is 0 Å². The molecule has 1 saturated carbocycles. The molecule has 0 aliphatic heterocycles. The van der Waals surface area contributed by atoms with Crippen molar-refractivity contribution in [2.45, 2.75) is 51.7 Å². The molecule has 0 spiro atoms. The zero-order valence-corrected chi connectivity index (χ0v) is 8.25. The predicted octanol–water partition coefficient (Wildman–Crippen LogP) is 1.93. The molecular formula is C10H21NO. The summed E-state index contributed by atoms with van der Waals surface area (Å²) in [4.78, 5) is 0. The Labute approximate surface area is 75.5 Å². The summed E-state index contributed by atoms with van der Waals surface area (Å²) >= 11 is 0. The lowest BCUT2D eigenvalue weighted by molar-refractivity contribution is 0.0663. The van der Waals surface area contributed by atoms with Crippen LogP contribution in [0.2, 0.25) is 0 Å². The van der Waals surface area contributed by atoms with Crippen LogP contribution in [-0.2, 0) is 4.74 Å². The third kappa shape index (κ3) is 4.73. The smallest absolute Gasteiger partial charge is 0.0620 e. The zero-order valence-electron chi connectivity index (χ0n) is 8.25. The first kappa shape index (κ1) is 10.0. The molecule has 2 heteroatoms. The molecule has 1 aliphatic rings. The third-order valence-electron chi connectivity index (χ3n) is 2.29. The highest BCUT2D eigenvalue weighted by Gasteiger charge is 2.21. The van der Waals surface area contributed by atoms with Crippen molar-refractivity contribution in [1.29, 1.82) is 0 Å². The lowest BCUT2D eigenvalue weighted by atomic mass is 10.1. The fourth-order valence-electron chi connectivity index (χ4n) is 1.26. The summed E-state index contributed by atoms with van der Waals surface area (Å²) in [5.74, 6) is 0.995. The van der Waals surface area contributed by atoms with Crippen LogP contribution in [0.3, 0.4) is 0 Å². The standard InChI is InChI=1S/C10H21NO/c1-8(2)12-7-10(11)6-5-9-3-4-9/h8-10H,3-7,11H2,1-2H3. The van der Waals surface area contributed by atoms with E-state index in [0.29, 0.717) is 6.10 Å². The summed E-state index contributed by atoms with van der Waals surface area (Å²) in [7, 11) is 0. The highest BCUT2D eigenvalue weighted by Crippen LogP contribution is 2.33. The monoisotopic (exact) mass is 171 g/mol. The van der Waals surface area contributed by atoms with Crippen LogP contribution in [0.1, 0.15) is 39.5 Å². The van der Waals surface area contributed by atoms with Crippen LogP contribution >= 0.6 is 0 Å². The summed E-state index contributed by atoms with van der Waals surface area (Å²) in [5, 5.41) is 0. The summed E-state index contributed by atoms with van der Waals surface area (Å²) in [6, 6.07) is 0.257. The molecule has 0 aromatic rings. The molecule has 0 aromatic heterocycles. The Morgan fingerprint density at radius 1 is 1.42 bits per heavy atom. The summed E-state index contributed by atoms with van der Waals surface area (Å²) in [6.45, 7) is 4.83. The number of hydrogen-bond donors (Lipinski definition) is 1. The van der Waals surface area contributed by atoms with Gasteiger partial charge in [0.25, 0.3) is 0 Å². The molecule has 1 rings (SSSR count). The summed E-state index contributed by atoms with van der Waals surface area (Å²) in [6.07, 6.45) is 5.62. The van der Waals surface area contributed by atoms with Gasteiger partial charge in [-0.1, -0.05) is 12.8 Å². The van der Waals surface area contributed by atoms with Crippen molar-refractivity contribution in [1.82, 2.24) is 0 Å². The van der Waals surface area contributed by atoms with Gasteiger partial charge in [-0.05, 0) is 32.6 Å². The van der Waals surface area contributed by atoms with Crippen LogP contribution < -0.4 is 5.73 Å². The van der Waals surface area contributed by atoms with Crippen molar-refractivity contribution in [2.75, 3.05) is 6.61 Å². The van der Waals surface area contributed by atoms with E-state index in [9.17, 15) is 0 Å². The number of rotatable bonds is 6. The normalized spacial score (nSPS) is 20.0. The minimum absolute atomic E-state index is 0.257. The first-order valence-electron chi connectivity index (χ1n) is 5.05. The predicted molar refractivity (Wildman–Crippen MR) is 51.0 cm³/mol. The number of ether oxygens (including phenoxy) is 1. The van der Waals surface area contributed by atoms with E-state index in [1.54, 1.807) is 0 Å². The van der Waals surface area contributed by atoms with Gasteiger partial charge in [0.2, 0.25) is 0 Å². The van der Waals surface area contributed by atoms with Crippen LogP contribution in [0.4, 0.5) is 0 Å². The molecule has 12 heavy (non-hydrogen) atoms. The second kappa shape index (κ2) is 4.83. The van der Waals surface area contributed by atoms with Crippen LogP contribution in [0.15, 0.2) is 0 Å². The first-order valence-corrected chi connectivity index (χ1v) is 5.05. The van der Waals surface area contributed by atoms with Crippen molar-refractivity contribution in [2.24, 2.45) is 11.7 Å². The molecular weight excluding hydrogens is 150 g/mol. The van der Waals surface area contributed by atoms with Crippen molar-refractivity contribution in [3.63, 3.8) is 0 Å². The van der Waals surface area contributed by atoms with Crippen LogP contribution in [0, 0.1) is 5.92 Å². The third-order valence-corrected chi connectivity index (χ3v) is 2.29. The largest absolute Gasteiger partial charge is 0.377 e. The average Bonchev–Trinajstić information content (AvgIpc) is 2.80. The fraction of sp³-hybridized carbons (Fsp3) is 1.00. The zero-order chi connectivity index (χ0) is 8.97. The lowest BCUT2D eigenvalue weighted by Gasteiger charge is -2.13. The molecule has 0 heterocycles. The molecule has 2 nitrogen and oxygen atoms in total. The van der Waals surface area contributed by atoms with Crippen LogP contribution in [0.25, 0.3) is 0 Å². The molecule has 1 atom stereocenters. The van der Waals surface area contributed by atoms with E-state index < -0.39 is 0 Å². The number of nitrogens with two attached hydrogens (primary N) is 1. The Kier molecular flexibility index (Phi) is 4.02. The molecule has 1 aliphatic carbocycles. The quantitative estimate of drug-likeness (QED) is 0.662. The van der Waals surface area contributed by atoms with E-state index in [0.717, 1.165) is 18.9 Å². The fourth-order valence-corrected chi connectivity index (χ4v) is 1.26. The van der Waals surface area contributed by atoms with Crippen molar-refractivity contribution in [3.05, 3.63) is 0 Å². The maximum Gasteiger partial charge on any atom is 0.0620 e. The first-order chi connectivity index (χ1) is 5.68. The molecule has 0 amide bonds. The van der Waals surface area contributed by atoms with Crippen molar-refractivity contribution >= 4 is 0 Å². The Balaban J connectivity index is 1.91. The van der Waals surface area contributed by atoms with Gasteiger partial charge in [0, 0.05) is 6.04 Å². The Bertz CT molecular complexity index is 115. The minimum Gasteiger partial charge on any atom is -0.377 e. The van der Waals surface area contributed by atoms with E-state index in [1.165, 1.54) is 19.3 Å². The maximum atomic E-state index is 5.87. The topological polar surface area (TPSA) is 35.2 Å². The van der Waals surface area contributed by atoms with E-state index in [-0.39, 0.29) is 6.04 Å². The molecule has 72 valence electrons. The van der Waals surface area contributed by atoms with Crippen LogP contribution in [-0.4, -0.2) is 18.8 Å². The molecule has 0 radical (unpaired) electrons. The minimum atomic E-state index is 0.257. The summed E-state index contributed by atoms with van der Waals surface area (Å²) < 4.78 is 5.43. The van der Waals surface area contributed by atoms with Crippen molar-refractivity contribution in [3.8, 4) is 0 Å². The SMILES string of the molecule is CC(C)OCC(N)CCC1CC1. The van der Waals surface area contributed by atoms with Gasteiger partial charge >= 0.3 is 0 Å². The van der Waals surface area contributed by atoms with Gasteiger partial charge in [0.05, 0.1) is 12.7 Å². The Morgan fingerprint density at radius 2 is 2.08 bits per heavy atom. The van der Waals surface area contributed by atoms with Gasteiger partial charge < -0.3 is 10.5 Å². The molecule has 2 N–H and O–H groups in total. The molecule has 1 unspecified atom stereocenters. The van der Waals surface area contributed by atoms with Gasteiger partial charge in [-0.25, -0.2) is 0 Å². The highest BCUT2D eigenvalue weighted by molar-refractivity contribution is 4.75. The highest BCUT2D eigenvalue weighted by atomic mass is 16.5. The number of hydrogen-bond acceptors (Lipinski definition) is 2. The average molecular weight is 171 g/mol. The van der Waals surface area contributed by atoms with Gasteiger partial charge in [-0.3, -0.25) is 0 Å². The molecule has 1 fully saturated rings. The van der Waals surface area contributed by atoms with E-state index in [4.69, 9.17) is 10.5 Å². The second-order valence-corrected chi connectivity index (χ2v) is 4.16. The Hall–Kier alpha value is -0.0800. The van der Waals surface area contributed by atoms with E-state index in [1.807, 2.05) is 13.8 Å².